The van der Waals surface area contributed by atoms with E-state index < -0.39 is 17.8 Å². The van der Waals surface area contributed by atoms with Crippen molar-refractivity contribution in [1.82, 2.24) is 0 Å². The monoisotopic (exact) mass is 357 g/mol. The summed E-state index contributed by atoms with van der Waals surface area (Å²) >= 11 is 6.16. The van der Waals surface area contributed by atoms with Crippen LogP contribution in [-0.4, -0.2) is 30.0 Å². The Hall–Kier alpha value is -1.46. The van der Waals surface area contributed by atoms with Gasteiger partial charge in [0.05, 0.1) is 18.2 Å². The molecule has 6 heteroatoms. The van der Waals surface area contributed by atoms with E-state index in [9.17, 15) is 9.90 Å². The smallest absolute Gasteiger partial charge is 0.412 e. The predicted molar refractivity (Wildman–Crippen MR) is 97.0 cm³/mol. The zero-order valence-corrected chi connectivity index (χ0v) is 16.0. The number of ether oxygens (including phenoxy) is 2. The lowest BCUT2D eigenvalue weighted by molar-refractivity contribution is 0.0635. The van der Waals surface area contributed by atoms with Crippen molar-refractivity contribution in [2.75, 3.05) is 12.4 Å². The number of methoxy groups -OCH3 is 1. The number of aliphatic hydroxyl groups is 1. The fourth-order valence-corrected chi connectivity index (χ4v) is 2.39. The Balaban J connectivity index is 3.08. The van der Waals surface area contributed by atoms with Gasteiger partial charge in [-0.05, 0) is 44.4 Å². The summed E-state index contributed by atoms with van der Waals surface area (Å²) < 4.78 is 10.5. The maximum atomic E-state index is 12.1. The minimum atomic E-state index is -0.600. The van der Waals surface area contributed by atoms with Gasteiger partial charge in [0.15, 0.2) is 0 Å². The van der Waals surface area contributed by atoms with Crippen LogP contribution in [0.25, 0.3) is 0 Å². The third-order valence-corrected chi connectivity index (χ3v) is 4.04. The number of nitrogens with one attached hydrogen (secondary N) is 1. The highest BCUT2D eigenvalue weighted by molar-refractivity contribution is 6.32. The van der Waals surface area contributed by atoms with Crippen LogP contribution in [0.4, 0.5) is 10.5 Å². The Kier molecular flexibility index (Phi) is 7.36. The minimum absolute atomic E-state index is 0.140. The van der Waals surface area contributed by atoms with Crippen LogP contribution in [0.2, 0.25) is 5.02 Å². The largest absolute Gasteiger partial charge is 0.495 e. The van der Waals surface area contributed by atoms with Crippen molar-refractivity contribution in [3.8, 4) is 5.75 Å². The molecule has 0 aromatic heterocycles. The summed E-state index contributed by atoms with van der Waals surface area (Å²) in [5.41, 5.74) is 0.656. The summed E-state index contributed by atoms with van der Waals surface area (Å²) in [5.74, 6) is 0.638. The molecule has 0 spiro atoms. The topological polar surface area (TPSA) is 67.8 Å². The Bertz CT molecular complexity index is 569. The first-order chi connectivity index (χ1) is 11.1. The van der Waals surface area contributed by atoms with E-state index in [0.717, 1.165) is 12.0 Å². The third-order valence-electron chi connectivity index (χ3n) is 3.74. The highest BCUT2D eigenvalue weighted by Gasteiger charge is 2.21. The zero-order valence-electron chi connectivity index (χ0n) is 15.3. The molecule has 1 aromatic carbocycles. The molecule has 0 radical (unpaired) electrons. The minimum Gasteiger partial charge on any atom is -0.495 e. The van der Waals surface area contributed by atoms with Gasteiger partial charge in [0, 0.05) is 12.1 Å². The molecular formula is C18H28ClNO4. The molecular weight excluding hydrogens is 330 g/mol. The average Bonchev–Trinajstić information content (AvgIpc) is 2.46. The summed E-state index contributed by atoms with van der Waals surface area (Å²) in [6, 6.07) is 3.35. The Morgan fingerprint density at radius 3 is 2.50 bits per heavy atom. The Morgan fingerprint density at radius 2 is 2.00 bits per heavy atom. The second kappa shape index (κ2) is 8.58. The van der Waals surface area contributed by atoms with Crippen molar-refractivity contribution in [2.45, 2.75) is 59.2 Å². The van der Waals surface area contributed by atoms with E-state index in [0.29, 0.717) is 22.9 Å². The number of carbonyl (C=O) groups excluding carboxylic acids is 1. The molecule has 0 fully saturated rings. The van der Waals surface area contributed by atoms with Gasteiger partial charge in [-0.25, -0.2) is 4.79 Å². The van der Waals surface area contributed by atoms with Crippen LogP contribution >= 0.6 is 11.6 Å². The van der Waals surface area contributed by atoms with Crippen LogP contribution in [-0.2, 0) is 11.2 Å². The van der Waals surface area contributed by atoms with Gasteiger partial charge in [-0.1, -0.05) is 31.9 Å². The predicted octanol–water partition coefficient (Wildman–Crippen LogP) is 4.65. The fraction of sp³-hybridized carbons (Fsp3) is 0.611. The maximum Gasteiger partial charge on any atom is 0.412 e. The molecule has 0 aliphatic rings. The number of aliphatic hydroxyl groups excluding tert-OH is 1. The van der Waals surface area contributed by atoms with Crippen molar-refractivity contribution in [2.24, 2.45) is 5.92 Å². The van der Waals surface area contributed by atoms with E-state index in [2.05, 4.69) is 5.32 Å². The lowest BCUT2D eigenvalue weighted by Gasteiger charge is -2.22. The van der Waals surface area contributed by atoms with Crippen LogP contribution in [0.15, 0.2) is 12.1 Å². The van der Waals surface area contributed by atoms with Crippen LogP contribution in [0.5, 0.6) is 5.75 Å². The fourth-order valence-electron chi connectivity index (χ4n) is 2.15. The molecule has 0 saturated carbocycles. The van der Waals surface area contributed by atoms with Gasteiger partial charge in [-0.2, -0.15) is 0 Å². The molecule has 0 aliphatic heterocycles. The van der Waals surface area contributed by atoms with Gasteiger partial charge in [-0.15, -0.1) is 0 Å². The zero-order chi connectivity index (χ0) is 18.5. The second-order valence-electron chi connectivity index (χ2n) is 6.93. The number of halogens is 1. The summed E-state index contributed by atoms with van der Waals surface area (Å²) in [7, 11) is 1.52. The van der Waals surface area contributed by atoms with Gasteiger partial charge < -0.3 is 14.6 Å². The number of anilines is 1. The van der Waals surface area contributed by atoms with E-state index >= 15 is 0 Å². The molecule has 0 bridgehead atoms. The molecule has 24 heavy (non-hydrogen) atoms. The SMILES string of the molecule is CCC(C)C(O)Cc1cc(OC)c(Cl)cc1NC(=O)OC(C)(C)C. The van der Waals surface area contributed by atoms with Crippen molar-refractivity contribution in [1.29, 1.82) is 0 Å². The quantitative estimate of drug-likeness (QED) is 0.777. The standard InChI is InChI=1S/C18H28ClNO4/c1-7-11(2)15(21)8-12-9-16(23-6)13(19)10-14(12)20-17(22)24-18(3,4)5/h9-11,15,21H,7-8H2,1-6H3,(H,20,22). The molecule has 0 saturated heterocycles. The van der Waals surface area contributed by atoms with Gasteiger partial charge in [0.1, 0.15) is 11.4 Å². The van der Waals surface area contributed by atoms with Crippen LogP contribution in [0.3, 0.4) is 0 Å². The van der Waals surface area contributed by atoms with E-state index in [-0.39, 0.29) is 5.92 Å². The highest BCUT2D eigenvalue weighted by Crippen LogP contribution is 2.33. The lowest BCUT2D eigenvalue weighted by Crippen LogP contribution is -2.28. The average molecular weight is 358 g/mol. The van der Waals surface area contributed by atoms with E-state index in [4.69, 9.17) is 21.1 Å². The van der Waals surface area contributed by atoms with Gasteiger partial charge in [0.2, 0.25) is 0 Å². The van der Waals surface area contributed by atoms with Crippen LogP contribution < -0.4 is 10.1 Å². The van der Waals surface area contributed by atoms with Crippen molar-refractivity contribution < 1.29 is 19.4 Å². The van der Waals surface area contributed by atoms with Crippen LogP contribution in [0.1, 0.15) is 46.6 Å². The van der Waals surface area contributed by atoms with Crippen molar-refractivity contribution in [3.63, 3.8) is 0 Å². The molecule has 1 aromatic rings. The van der Waals surface area contributed by atoms with Gasteiger partial charge in [-0.3, -0.25) is 5.32 Å². The molecule has 0 heterocycles. The number of rotatable bonds is 6. The number of amides is 1. The molecule has 2 atom stereocenters. The molecule has 1 rings (SSSR count). The summed E-state index contributed by atoms with van der Waals surface area (Å²) in [5, 5.41) is 13.4. The maximum absolute atomic E-state index is 12.1. The summed E-state index contributed by atoms with van der Waals surface area (Å²) in [6.07, 6.45) is 0.150. The molecule has 1 amide bonds. The van der Waals surface area contributed by atoms with E-state index in [1.165, 1.54) is 7.11 Å². The van der Waals surface area contributed by atoms with Gasteiger partial charge in [0.25, 0.3) is 0 Å². The molecule has 136 valence electrons. The molecule has 2 N–H and O–H groups in total. The molecule has 0 aliphatic carbocycles. The van der Waals surface area contributed by atoms with E-state index in [1.807, 2.05) is 13.8 Å². The van der Waals surface area contributed by atoms with Gasteiger partial charge >= 0.3 is 6.09 Å². The highest BCUT2D eigenvalue weighted by atomic mass is 35.5. The van der Waals surface area contributed by atoms with Crippen molar-refractivity contribution >= 4 is 23.4 Å². The number of hydrogen-bond acceptors (Lipinski definition) is 4. The lowest BCUT2D eigenvalue weighted by atomic mass is 9.95. The Morgan fingerprint density at radius 1 is 1.38 bits per heavy atom. The second-order valence-corrected chi connectivity index (χ2v) is 7.33. The van der Waals surface area contributed by atoms with Crippen molar-refractivity contribution in [3.05, 3.63) is 22.7 Å². The number of benzene rings is 1. The normalized spacial score (nSPS) is 14.0. The first-order valence-corrected chi connectivity index (χ1v) is 8.49. The number of hydrogen-bond donors (Lipinski definition) is 2. The third kappa shape index (κ3) is 6.21. The molecule has 2 unspecified atom stereocenters. The number of carbonyl (C=O) groups is 1. The summed E-state index contributed by atoms with van der Waals surface area (Å²) in [4.78, 5) is 12.1. The van der Waals surface area contributed by atoms with Crippen LogP contribution in [0, 0.1) is 5.92 Å². The van der Waals surface area contributed by atoms with E-state index in [1.54, 1.807) is 32.9 Å². The first-order valence-electron chi connectivity index (χ1n) is 8.11. The summed E-state index contributed by atoms with van der Waals surface area (Å²) in [6.45, 7) is 9.39. The Labute approximate surface area is 149 Å². The first kappa shape index (κ1) is 20.6. The molecule has 5 nitrogen and oxygen atoms in total.